The summed E-state index contributed by atoms with van der Waals surface area (Å²) < 4.78 is 56.3. The SMILES string of the molecule is C#Cc1c(F)ccc2cc(O)cc(-c3nc(OC)c4c(N5CCOC[C@@](C)(O)C5)nc(OC[C@]56CCC[C@H]5N(C5CCCOCC5)CCC6)nc4c3F)c12. The average Bonchev–Trinajstić information content (AvgIpc) is 3.28. The molecule has 0 radical (unpaired) electrons. The molecule has 4 aliphatic rings. The average molecular weight is 744 g/mol. The van der Waals surface area contributed by atoms with E-state index in [0.29, 0.717) is 30.6 Å². The summed E-state index contributed by atoms with van der Waals surface area (Å²) in [6.45, 7) is 5.54. The Kier molecular flexibility index (Phi) is 9.98. The number of piperidine rings is 1. The van der Waals surface area contributed by atoms with Gasteiger partial charge in [-0.05, 0) is 82.0 Å². The summed E-state index contributed by atoms with van der Waals surface area (Å²) in [6.07, 6.45) is 14.2. The number of fused-ring (bicyclic) bond motifs is 3. The Labute approximate surface area is 313 Å². The summed E-state index contributed by atoms with van der Waals surface area (Å²) in [7, 11) is 1.40. The number of benzene rings is 2. The third-order valence-electron chi connectivity index (χ3n) is 11.8. The molecule has 4 atom stereocenters. The number of anilines is 1. The van der Waals surface area contributed by atoms with E-state index >= 15 is 8.78 Å². The lowest BCUT2D eigenvalue weighted by Crippen LogP contribution is -2.55. The van der Waals surface area contributed by atoms with Crippen molar-refractivity contribution in [3.05, 3.63) is 41.5 Å². The van der Waals surface area contributed by atoms with Gasteiger partial charge in [0.05, 0.1) is 39.0 Å². The topological polar surface area (TPSA) is 123 Å². The second-order valence-electron chi connectivity index (χ2n) is 15.6. The highest BCUT2D eigenvalue weighted by molar-refractivity contribution is 6.04. The molecule has 13 heteroatoms. The van der Waals surface area contributed by atoms with Crippen LogP contribution in [0, 0.1) is 29.4 Å². The minimum absolute atomic E-state index is 0.00679. The van der Waals surface area contributed by atoms with Crippen molar-refractivity contribution in [2.45, 2.75) is 76.0 Å². The smallest absolute Gasteiger partial charge is 0.319 e. The molecule has 11 nitrogen and oxygen atoms in total. The van der Waals surface area contributed by atoms with E-state index in [1.807, 2.05) is 4.90 Å². The van der Waals surface area contributed by atoms with Crippen molar-refractivity contribution in [2.24, 2.45) is 5.41 Å². The van der Waals surface area contributed by atoms with Gasteiger partial charge in [-0.3, -0.25) is 4.90 Å². The third kappa shape index (κ3) is 6.67. The first-order chi connectivity index (χ1) is 26.1. The Morgan fingerprint density at radius 2 is 1.85 bits per heavy atom. The first-order valence-electron chi connectivity index (χ1n) is 19.0. The molecule has 4 aromatic rings. The van der Waals surface area contributed by atoms with Crippen LogP contribution < -0.4 is 14.4 Å². The molecule has 3 aliphatic heterocycles. The molecule has 5 heterocycles. The monoisotopic (exact) mass is 743 g/mol. The van der Waals surface area contributed by atoms with Crippen molar-refractivity contribution in [2.75, 3.05) is 64.7 Å². The first-order valence-corrected chi connectivity index (χ1v) is 19.0. The minimum Gasteiger partial charge on any atom is -0.508 e. The van der Waals surface area contributed by atoms with Crippen LogP contribution >= 0.6 is 0 Å². The molecular formula is C41H47F2N5O6. The van der Waals surface area contributed by atoms with Crippen LogP contribution in [0.3, 0.4) is 0 Å². The number of phenolic OH excluding ortho intramolecular Hbond substituents is 1. The van der Waals surface area contributed by atoms with Crippen LogP contribution in [0.4, 0.5) is 14.6 Å². The number of methoxy groups -OCH3 is 1. The number of terminal acetylenes is 1. The predicted molar refractivity (Wildman–Crippen MR) is 200 cm³/mol. The molecule has 8 rings (SSSR count). The molecular weight excluding hydrogens is 696 g/mol. The van der Waals surface area contributed by atoms with Crippen molar-refractivity contribution in [3.8, 4) is 41.2 Å². The Hall–Kier alpha value is -4.35. The lowest BCUT2D eigenvalue weighted by atomic mass is 9.74. The fraction of sp³-hybridized carbons (Fsp3) is 0.537. The number of aliphatic hydroxyl groups is 1. The van der Waals surface area contributed by atoms with Crippen molar-refractivity contribution < 1.29 is 37.9 Å². The standard InChI is InChI=1S/C41H47F2N5O6/c1-4-28-30(42)11-10-25-20-27(49)21-29(32(25)28)35-34(43)36-33(38(44-35)51-3)37(47-16-19-53-23-40(2,50)22-47)46-39(45-36)54-24-41-13-5-9-31(41)48(15-7-14-41)26-8-6-17-52-18-12-26/h1,10-11,20-21,26,31,49-50H,5-9,12-19,22-24H2,2-3H3/t26?,31-,40+,41-/m1/s1. The molecule has 0 bridgehead atoms. The number of likely N-dealkylation sites (tertiary alicyclic amines) is 1. The Balaban J connectivity index is 1.26. The Morgan fingerprint density at radius 1 is 1.00 bits per heavy atom. The van der Waals surface area contributed by atoms with Crippen molar-refractivity contribution >= 4 is 27.5 Å². The molecule has 2 aromatic heterocycles. The summed E-state index contributed by atoms with van der Waals surface area (Å²) >= 11 is 0. The largest absolute Gasteiger partial charge is 0.508 e. The van der Waals surface area contributed by atoms with Gasteiger partial charge >= 0.3 is 6.01 Å². The van der Waals surface area contributed by atoms with Crippen LogP contribution in [-0.4, -0.2) is 108 Å². The molecule has 54 heavy (non-hydrogen) atoms. The number of aromatic hydroxyl groups is 1. The fourth-order valence-corrected chi connectivity index (χ4v) is 9.46. The van der Waals surface area contributed by atoms with Gasteiger partial charge in [0.25, 0.3) is 0 Å². The number of hydrogen-bond donors (Lipinski definition) is 2. The van der Waals surface area contributed by atoms with E-state index in [1.54, 1.807) is 6.92 Å². The van der Waals surface area contributed by atoms with Crippen LogP contribution in [0.1, 0.15) is 63.9 Å². The zero-order valence-electron chi connectivity index (χ0n) is 30.9. The van der Waals surface area contributed by atoms with Crippen LogP contribution in [-0.2, 0) is 9.47 Å². The van der Waals surface area contributed by atoms with Gasteiger partial charge < -0.3 is 34.1 Å². The fourth-order valence-electron chi connectivity index (χ4n) is 9.46. The van der Waals surface area contributed by atoms with Gasteiger partial charge in [-0.1, -0.05) is 18.4 Å². The van der Waals surface area contributed by atoms with Gasteiger partial charge in [-0.15, -0.1) is 6.42 Å². The molecule has 0 amide bonds. The van der Waals surface area contributed by atoms with E-state index in [9.17, 15) is 10.2 Å². The normalized spacial score (nSPS) is 26.6. The highest BCUT2D eigenvalue weighted by Gasteiger charge is 2.50. The summed E-state index contributed by atoms with van der Waals surface area (Å²) in [5.74, 6) is 0.945. The number of β-amino-alcohol motifs (C(OH)–C–C–N with tert-alkyl or cyclic N) is 1. The molecule has 1 unspecified atom stereocenters. The maximum Gasteiger partial charge on any atom is 0.319 e. The van der Waals surface area contributed by atoms with Gasteiger partial charge in [0.15, 0.2) is 5.82 Å². The second kappa shape index (κ2) is 14.7. The van der Waals surface area contributed by atoms with E-state index in [-0.39, 0.29) is 81.7 Å². The maximum absolute atomic E-state index is 17.3. The number of rotatable bonds is 7. The number of aromatic nitrogens is 3. The lowest BCUT2D eigenvalue weighted by molar-refractivity contribution is -0.0266. The molecule has 2 N–H and O–H groups in total. The van der Waals surface area contributed by atoms with E-state index in [1.165, 1.54) is 31.4 Å². The van der Waals surface area contributed by atoms with Gasteiger partial charge in [0.1, 0.15) is 39.6 Å². The highest BCUT2D eigenvalue weighted by Crippen LogP contribution is 2.50. The number of pyridine rings is 1. The lowest BCUT2D eigenvalue weighted by Gasteiger charge is -2.49. The molecule has 0 spiro atoms. The van der Waals surface area contributed by atoms with Crippen molar-refractivity contribution in [1.82, 2.24) is 19.9 Å². The third-order valence-corrected chi connectivity index (χ3v) is 11.8. The summed E-state index contributed by atoms with van der Waals surface area (Å²) in [6, 6.07) is 6.22. The van der Waals surface area contributed by atoms with Crippen LogP contribution in [0.5, 0.6) is 17.6 Å². The summed E-state index contributed by atoms with van der Waals surface area (Å²) in [5, 5.41) is 22.7. The van der Waals surface area contributed by atoms with Crippen LogP contribution in [0.2, 0.25) is 0 Å². The number of ether oxygens (including phenoxy) is 4. The second-order valence-corrected chi connectivity index (χ2v) is 15.6. The zero-order chi connectivity index (χ0) is 37.6. The molecule has 286 valence electrons. The van der Waals surface area contributed by atoms with Crippen LogP contribution in [0.15, 0.2) is 24.3 Å². The van der Waals surface area contributed by atoms with Gasteiger partial charge in [-0.25, -0.2) is 13.8 Å². The molecule has 1 saturated carbocycles. The van der Waals surface area contributed by atoms with Gasteiger partial charge in [0.2, 0.25) is 5.88 Å². The number of hydrogen-bond acceptors (Lipinski definition) is 11. The van der Waals surface area contributed by atoms with Crippen molar-refractivity contribution in [1.29, 1.82) is 0 Å². The van der Waals surface area contributed by atoms with E-state index in [0.717, 1.165) is 71.1 Å². The number of nitrogens with zero attached hydrogens (tertiary/aromatic N) is 5. The number of phenols is 1. The van der Waals surface area contributed by atoms with E-state index in [4.69, 9.17) is 35.3 Å². The number of halogens is 2. The summed E-state index contributed by atoms with van der Waals surface area (Å²) in [5.41, 5.74) is -1.75. The molecule has 3 saturated heterocycles. The highest BCUT2D eigenvalue weighted by atomic mass is 19.1. The Bertz CT molecular complexity index is 2100. The van der Waals surface area contributed by atoms with Crippen LogP contribution in [0.25, 0.3) is 32.9 Å². The van der Waals surface area contributed by atoms with Gasteiger partial charge in [-0.2, -0.15) is 9.97 Å². The molecule has 2 aromatic carbocycles. The molecule has 1 aliphatic carbocycles. The zero-order valence-corrected chi connectivity index (χ0v) is 30.9. The Morgan fingerprint density at radius 3 is 2.69 bits per heavy atom. The minimum atomic E-state index is -1.24. The van der Waals surface area contributed by atoms with E-state index < -0.39 is 17.2 Å². The first kappa shape index (κ1) is 36.6. The predicted octanol–water partition coefficient (Wildman–Crippen LogP) is 5.99. The van der Waals surface area contributed by atoms with Gasteiger partial charge in [0, 0.05) is 48.2 Å². The molecule has 4 fully saturated rings. The maximum atomic E-state index is 17.3. The van der Waals surface area contributed by atoms with E-state index in [2.05, 4.69) is 15.8 Å². The summed E-state index contributed by atoms with van der Waals surface area (Å²) in [4.78, 5) is 18.7. The van der Waals surface area contributed by atoms with Crippen molar-refractivity contribution in [3.63, 3.8) is 0 Å². The quantitative estimate of drug-likeness (QED) is 0.217.